The first-order chi connectivity index (χ1) is 15.7. The zero-order chi connectivity index (χ0) is 24.1. The van der Waals surface area contributed by atoms with Crippen LogP contribution in [0.1, 0.15) is 34.8 Å². The van der Waals surface area contributed by atoms with Crippen LogP contribution in [-0.4, -0.2) is 62.8 Å². The van der Waals surface area contributed by atoms with Crippen molar-refractivity contribution in [3.05, 3.63) is 79.6 Å². The quantitative estimate of drug-likeness (QED) is 0.467. The highest BCUT2D eigenvalue weighted by molar-refractivity contribution is 5.95. The molecule has 1 N–H and O–H groups in total. The number of carbonyl (C=O) groups is 2. The molecule has 0 bridgehead atoms. The minimum atomic E-state index is -0.955. The van der Waals surface area contributed by atoms with E-state index in [2.05, 4.69) is 0 Å². The molecule has 1 atom stereocenters. The van der Waals surface area contributed by atoms with Gasteiger partial charge in [0.05, 0.1) is 21.5 Å². The van der Waals surface area contributed by atoms with E-state index in [1.165, 1.54) is 17.0 Å². The summed E-state index contributed by atoms with van der Waals surface area (Å²) >= 11 is 0. The monoisotopic (exact) mass is 460 g/mol. The predicted octanol–water partition coefficient (Wildman–Crippen LogP) is 3.01. The van der Waals surface area contributed by atoms with E-state index in [0.717, 1.165) is 23.8 Å². The number of non-ortho nitro benzene ring substituents is 2. The molecule has 12 heteroatoms. The molecule has 0 radical (unpaired) electrons. The fourth-order valence-electron chi connectivity index (χ4n) is 3.85. The third-order valence-corrected chi connectivity index (χ3v) is 5.50. The number of rotatable bonds is 8. The summed E-state index contributed by atoms with van der Waals surface area (Å²) in [7, 11) is 0. The lowest BCUT2D eigenvalue weighted by Crippen LogP contribution is -2.49. The molecule has 0 aliphatic carbocycles. The molecule has 2 aromatic carbocycles. The summed E-state index contributed by atoms with van der Waals surface area (Å²) in [4.78, 5) is 48.0. The Balaban J connectivity index is 1.75. The lowest BCUT2D eigenvalue weighted by atomic mass is 9.99. The molecule has 3 rings (SSSR count). The van der Waals surface area contributed by atoms with Crippen molar-refractivity contribution >= 4 is 23.3 Å². The van der Waals surface area contributed by atoms with Crippen LogP contribution in [0.25, 0.3) is 0 Å². The first kappa shape index (κ1) is 23.7. The van der Waals surface area contributed by atoms with Crippen molar-refractivity contribution in [2.24, 2.45) is 0 Å². The van der Waals surface area contributed by atoms with Gasteiger partial charge < -0.3 is 10.0 Å². The van der Waals surface area contributed by atoms with Crippen molar-refractivity contribution in [2.45, 2.75) is 18.9 Å². The average molecular weight is 460 g/mol. The van der Waals surface area contributed by atoms with Crippen LogP contribution >= 0.6 is 0 Å². The SMILES string of the molecule is O=C(O)CC[C@@H](c1ccc(F)cc1)N1CCN(C(=O)c2cc([N+](=O)[O-])cc([N+](=O)[O-])c2)CC1. The first-order valence-electron chi connectivity index (χ1n) is 10.1. The number of carboxylic acids is 1. The molecule has 0 saturated carbocycles. The number of aliphatic carboxylic acids is 1. The Hall–Kier alpha value is -3.93. The molecule has 1 heterocycles. The molecule has 1 amide bonds. The van der Waals surface area contributed by atoms with Gasteiger partial charge in [0.2, 0.25) is 0 Å². The maximum Gasteiger partial charge on any atom is 0.303 e. The van der Waals surface area contributed by atoms with Gasteiger partial charge in [-0.1, -0.05) is 12.1 Å². The van der Waals surface area contributed by atoms with Crippen LogP contribution in [-0.2, 0) is 4.79 Å². The Bertz CT molecular complexity index is 1040. The summed E-state index contributed by atoms with van der Waals surface area (Å²) in [6.07, 6.45) is 0.213. The maximum atomic E-state index is 13.3. The van der Waals surface area contributed by atoms with Gasteiger partial charge in [0.15, 0.2) is 0 Å². The van der Waals surface area contributed by atoms with Gasteiger partial charge in [0.25, 0.3) is 17.3 Å². The average Bonchev–Trinajstić information content (AvgIpc) is 2.79. The van der Waals surface area contributed by atoms with E-state index in [0.29, 0.717) is 19.5 Å². The molecule has 0 spiro atoms. The number of nitrogens with zero attached hydrogens (tertiary/aromatic N) is 4. The van der Waals surface area contributed by atoms with E-state index >= 15 is 0 Å². The Morgan fingerprint density at radius 2 is 1.52 bits per heavy atom. The van der Waals surface area contributed by atoms with Crippen LogP contribution in [0.3, 0.4) is 0 Å². The Morgan fingerprint density at radius 3 is 2.00 bits per heavy atom. The van der Waals surface area contributed by atoms with Crippen LogP contribution in [0.2, 0.25) is 0 Å². The zero-order valence-corrected chi connectivity index (χ0v) is 17.4. The second-order valence-corrected chi connectivity index (χ2v) is 7.58. The largest absolute Gasteiger partial charge is 0.481 e. The van der Waals surface area contributed by atoms with Crippen LogP contribution < -0.4 is 0 Å². The second kappa shape index (κ2) is 10.1. The first-order valence-corrected chi connectivity index (χ1v) is 10.1. The second-order valence-electron chi connectivity index (χ2n) is 7.58. The minimum Gasteiger partial charge on any atom is -0.481 e. The van der Waals surface area contributed by atoms with Crippen LogP contribution in [0.5, 0.6) is 0 Å². The zero-order valence-electron chi connectivity index (χ0n) is 17.4. The molecular formula is C21H21FN4O7. The summed E-state index contributed by atoms with van der Waals surface area (Å²) in [6.45, 7) is 1.23. The number of carbonyl (C=O) groups excluding carboxylic acids is 1. The van der Waals surface area contributed by atoms with Crippen LogP contribution in [0.15, 0.2) is 42.5 Å². The fourth-order valence-corrected chi connectivity index (χ4v) is 3.85. The van der Waals surface area contributed by atoms with Crippen molar-refractivity contribution < 1.29 is 28.9 Å². The van der Waals surface area contributed by atoms with Gasteiger partial charge in [-0.25, -0.2) is 4.39 Å². The number of nitro benzene ring substituents is 2. The Morgan fingerprint density at radius 1 is 0.970 bits per heavy atom. The summed E-state index contributed by atoms with van der Waals surface area (Å²) in [5.41, 5.74) is -0.482. The maximum absolute atomic E-state index is 13.3. The van der Waals surface area contributed by atoms with E-state index in [-0.39, 0.29) is 31.1 Å². The topological polar surface area (TPSA) is 147 Å². The number of benzene rings is 2. The smallest absolute Gasteiger partial charge is 0.303 e. The van der Waals surface area contributed by atoms with E-state index < -0.39 is 38.9 Å². The number of halogens is 1. The lowest BCUT2D eigenvalue weighted by molar-refractivity contribution is -0.394. The van der Waals surface area contributed by atoms with Crippen LogP contribution in [0.4, 0.5) is 15.8 Å². The molecule has 0 unspecified atom stereocenters. The normalized spacial score (nSPS) is 15.1. The van der Waals surface area contributed by atoms with Crippen molar-refractivity contribution in [1.29, 1.82) is 0 Å². The number of nitro groups is 2. The predicted molar refractivity (Wildman–Crippen MR) is 113 cm³/mol. The molecule has 1 saturated heterocycles. The molecule has 33 heavy (non-hydrogen) atoms. The standard InChI is InChI=1S/C21H21FN4O7/c22-16-3-1-14(2-4-16)19(5-6-20(27)28)23-7-9-24(10-8-23)21(29)15-11-17(25(30)31)13-18(12-15)26(32)33/h1-4,11-13,19H,5-10H2,(H,27,28)/t19-/m0/s1. The molecule has 0 aromatic heterocycles. The number of hydrogen-bond acceptors (Lipinski definition) is 7. The summed E-state index contributed by atoms with van der Waals surface area (Å²) in [6, 6.07) is 8.33. The molecule has 1 aliphatic heterocycles. The molecule has 2 aromatic rings. The summed E-state index contributed by atoms with van der Waals surface area (Å²) in [5.74, 6) is -1.93. The number of piperazine rings is 1. The van der Waals surface area contributed by atoms with Gasteiger partial charge in [0.1, 0.15) is 5.82 Å². The van der Waals surface area contributed by atoms with E-state index in [1.807, 2.05) is 4.90 Å². The minimum absolute atomic E-state index is 0.0848. The molecule has 174 valence electrons. The van der Waals surface area contributed by atoms with Crippen molar-refractivity contribution in [1.82, 2.24) is 9.80 Å². The summed E-state index contributed by atoms with van der Waals surface area (Å²) in [5, 5.41) is 31.3. The highest BCUT2D eigenvalue weighted by Gasteiger charge is 2.29. The van der Waals surface area contributed by atoms with E-state index in [1.54, 1.807) is 12.1 Å². The molecular weight excluding hydrogens is 439 g/mol. The number of amides is 1. The van der Waals surface area contributed by atoms with Crippen LogP contribution in [0, 0.1) is 26.0 Å². The van der Waals surface area contributed by atoms with Gasteiger partial charge in [-0.05, 0) is 24.1 Å². The van der Waals surface area contributed by atoms with Gasteiger partial charge in [-0.3, -0.25) is 34.7 Å². The number of hydrogen-bond donors (Lipinski definition) is 1. The van der Waals surface area contributed by atoms with E-state index in [9.17, 15) is 34.2 Å². The lowest BCUT2D eigenvalue weighted by Gasteiger charge is -2.39. The van der Waals surface area contributed by atoms with Crippen molar-refractivity contribution in [3.63, 3.8) is 0 Å². The van der Waals surface area contributed by atoms with Crippen molar-refractivity contribution in [2.75, 3.05) is 26.2 Å². The third-order valence-electron chi connectivity index (χ3n) is 5.50. The number of carboxylic acid groups (broad SMARTS) is 1. The van der Waals surface area contributed by atoms with Crippen molar-refractivity contribution in [3.8, 4) is 0 Å². The van der Waals surface area contributed by atoms with E-state index in [4.69, 9.17) is 5.11 Å². The summed E-state index contributed by atoms with van der Waals surface area (Å²) < 4.78 is 13.3. The Labute approximate surface area is 187 Å². The Kier molecular flexibility index (Phi) is 7.28. The van der Waals surface area contributed by atoms with Gasteiger partial charge >= 0.3 is 5.97 Å². The third kappa shape index (κ3) is 5.86. The highest BCUT2D eigenvalue weighted by Crippen LogP contribution is 2.28. The molecule has 11 nitrogen and oxygen atoms in total. The highest BCUT2D eigenvalue weighted by atomic mass is 19.1. The molecule has 1 fully saturated rings. The fraction of sp³-hybridized carbons (Fsp3) is 0.333. The van der Waals surface area contributed by atoms with Gasteiger partial charge in [0, 0.05) is 50.8 Å². The van der Waals surface area contributed by atoms with Gasteiger partial charge in [-0.2, -0.15) is 0 Å². The van der Waals surface area contributed by atoms with Gasteiger partial charge in [-0.15, -0.1) is 0 Å². The molecule has 1 aliphatic rings.